The molecule has 2 aromatic carbocycles. The van der Waals surface area contributed by atoms with Crippen molar-refractivity contribution in [2.24, 2.45) is 5.92 Å². The summed E-state index contributed by atoms with van der Waals surface area (Å²) in [6, 6.07) is 19.5. The largest absolute Gasteiger partial charge is 0.507 e. The number of aryl methyl sites for hydroxylation is 1. The number of nitrogens with zero attached hydrogens (tertiary/aromatic N) is 4. The van der Waals surface area contributed by atoms with E-state index < -0.39 is 42.6 Å². The molecule has 4 heterocycles. The van der Waals surface area contributed by atoms with E-state index in [-0.39, 0.29) is 44.0 Å². The summed E-state index contributed by atoms with van der Waals surface area (Å²) in [4.78, 5) is 35.0. The number of amides is 2. The highest BCUT2D eigenvalue weighted by molar-refractivity contribution is 5.90. The summed E-state index contributed by atoms with van der Waals surface area (Å²) in [6.45, 7) is 1.80. The predicted octanol–water partition coefficient (Wildman–Crippen LogP) is 4.39. The molecule has 4 aromatic rings. The Bertz CT molecular complexity index is 1920. The number of benzene rings is 2. The Kier molecular flexibility index (Phi) is 11.8. The molecule has 1 fully saturated rings. The maximum absolute atomic E-state index is 13.9. The van der Waals surface area contributed by atoms with Crippen LogP contribution in [0.1, 0.15) is 28.7 Å². The predicted molar refractivity (Wildman–Crippen MR) is 192 cm³/mol. The van der Waals surface area contributed by atoms with E-state index in [1.54, 1.807) is 47.6 Å². The highest BCUT2D eigenvalue weighted by Crippen LogP contribution is 2.31. The number of halogens is 3. The highest BCUT2D eigenvalue weighted by atomic mass is 19.4. The molecule has 1 saturated heterocycles. The number of aromatic nitrogens is 2. The number of carbonyl (C=O) groups excluding carboxylic acids is 2. The third kappa shape index (κ3) is 9.83. The number of rotatable bonds is 13. The van der Waals surface area contributed by atoms with Crippen LogP contribution in [-0.4, -0.2) is 99.0 Å². The molecule has 2 aliphatic heterocycles. The Hall–Kier alpha value is -5.18. The number of aliphatic hydroxyl groups is 2. The first-order valence-electron chi connectivity index (χ1n) is 17.5. The van der Waals surface area contributed by atoms with Gasteiger partial charge in [0, 0.05) is 74.7 Å². The lowest BCUT2D eigenvalue weighted by Gasteiger charge is -2.41. The quantitative estimate of drug-likeness (QED) is 0.159. The molecule has 4 N–H and O–H groups in total. The molecule has 0 radical (unpaired) electrons. The van der Waals surface area contributed by atoms with Crippen molar-refractivity contribution in [3.8, 4) is 11.4 Å². The summed E-state index contributed by atoms with van der Waals surface area (Å²) in [5.41, 5.74) is 4.60. The Balaban J connectivity index is 1.16. The van der Waals surface area contributed by atoms with Crippen LogP contribution in [0, 0.1) is 12.8 Å². The fourth-order valence-corrected chi connectivity index (χ4v) is 6.89. The molecule has 0 unspecified atom stereocenters. The van der Waals surface area contributed by atoms with Gasteiger partial charge in [0.2, 0.25) is 11.8 Å². The van der Waals surface area contributed by atoms with Gasteiger partial charge in [-0.25, -0.2) is 0 Å². The Labute approximate surface area is 305 Å². The van der Waals surface area contributed by atoms with Gasteiger partial charge in [-0.2, -0.15) is 13.2 Å². The lowest BCUT2D eigenvalue weighted by molar-refractivity contribution is -0.143. The van der Waals surface area contributed by atoms with Gasteiger partial charge < -0.3 is 30.2 Å². The first-order valence-corrected chi connectivity index (χ1v) is 17.5. The summed E-state index contributed by atoms with van der Waals surface area (Å²) in [7, 11) is 0. The zero-order chi connectivity index (χ0) is 37.5. The number of fused-ring (bicyclic) bond motifs is 1. The van der Waals surface area contributed by atoms with Crippen molar-refractivity contribution in [1.29, 1.82) is 0 Å². The van der Waals surface area contributed by atoms with Crippen LogP contribution in [-0.2, 0) is 22.6 Å². The third-order valence-corrected chi connectivity index (χ3v) is 9.53. The molecule has 0 bridgehead atoms. The number of para-hydroxylation sites is 2. The van der Waals surface area contributed by atoms with Crippen LogP contribution in [0.2, 0.25) is 0 Å². The van der Waals surface area contributed by atoms with Gasteiger partial charge >= 0.3 is 6.18 Å². The monoisotopic (exact) mass is 732 g/mol. The number of ether oxygens (including phenoxy) is 1. The molecular formula is C39H43F3N6O5. The summed E-state index contributed by atoms with van der Waals surface area (Å²) in [6.07, 6.45) is 1.66. The van der Waals surface area contributed by atoms with E-state index in [4.69, 9.17) is 4.74 Å². The van der Waals surface area contributed by atoms with E-state index >= 15 is 0 Å². The number of hydrogen-bond acceptors (Lipinski definition) is 8. The molecule has 6 rings (SSSR count). The standard InChI is InChI=1S/C39H43F3N6O5/c1-26-7-2-4-10-32(26)47-14-12-28(21-47)20-46-15-16-48(33(23-46)38(52)44-25-39(40,41)42)22-30(49)18-29(17-27-8-6-13-43-19-27)37(51)45-36-31-9-3-5-11-35(31)53-24-34(36)50/h2-14,19,21,29-30,33,49-50H,15-18,20,22-25H2,1H3,(H,44,52)(H,45,51)/t29-,30+,33+/m1/s1. The number of β-amino-alcohol motifs (C(OH)–C–C–N with tert-alkyl or cyclic N) is 1. The van der Waals surface area contributed by atoms with E-state index in [2.05, 4.69) is 10.3 Å². The Morgan fingerprint density at radius 3 is 2.60 bits per heavy atom. The van der Waals surface area contributed by atoms with Crippen molar-refractivity contribution in [3.05, 3.63) is 120 Å². The van der Waals surface area contributed by atoms with Crippen LogP contribution in [0.25, 0.3) is 11.4 Å². The van der Waals surface area contributed by atoms with Gasteiger partial charge in [0.1, 0.15) is 24.9 Å². The van der Waals surface area contributed by atoms with Crippen molar-refractivity contribution in [3.63, 3.8) is 0 Å². The summed E-state index contributed by atoms with van der Waals surface area (Å²) in [5, 5.41) is 27.0. The molecule has 280 valence electrons. The van der Waals surface area contributed by atoms with Crippen molar-refractivity contribution < 1.29 is 37.7 Å². The lowest BCUT2D eigenvalue weighted by Crippen LogP contribution is -2.60. The first kappa shape index (κ1) is 37.6. The minimum Gasteiger partial charge on any atom is -0.507 e. The van der Waals surface area contributed by atoms with Gasteiger partial charge in [-0.3, -0.25) is 24.4 Å². The number of aliphatic hydroxyl groups excluding tert-OH is 2. The molecule has 11 nitrogen and oxygen atoms in total. The van der Waals surface area contributed by atoms with Crippen LogP contribution in [0.4, 0.5) is 13.2 Å². The Morgan fingerprint density at radius 2 is 1.83 bits per heavy atom. The minimum absolute atomic E-state index is 0.0313. The van der Waals surface area contributed by atoms with Crippen molar-refractivity contribution >= 4 is 17.5 Å². The fraction of sp³-hybridized carbons (Fsp3) is 0.359. The molecule has 0 aliphatic carbocycles. The minimum atomic E-state index is -4.59. The van der Waals surface area contributed by atoms with Crippen LogP contribution in [0.5, 0.6) is 5.75 Å². The van der Waals surface area contributed by atoms with Crippen molar-refractivity contribution in [1.82, 2.24) is 30.0 Å². The first-order chi connectivity index (χ1) is 25.4. The molecule has 14 heteroatoms. The fourth-order valence-electron chi connectivity index (χ4n) is 6.89. The van der Waals surface area contributed by atoms with Gasteiger partial charge in [-0.15, -0.1) is 0 Å². The zero-order valence-corrected chi connectivity index (χ0v) is 29.3. The molecule has 0 spiro atoms. The maximum atomic E-state index is 13.9. The number of piperazine rings is 1. The SMILES string of the molecule is Cc1ccccc1-n1ccc(CN2CCN(C[C@@H](O)C[C@@H](Cc3cccnc3)C(=O)NC3=C(O)COc4ccccc43)[C@H](C(=O)NCC(F)(F)F)C2)c1. The number of hydrogen-bond donors (Lipinski definition) is 4. The molecule has 0 saturated carbocycles. The van der Waals surface area contributed by atoms with E-state index in [9.17, 15) is 33.0 Å². The lowest BCUT2D eigenvalue weighted by atomic mass is 9.92. The topological polar surface area (TPSA) is 132 Å². The molecule has 2 aromatic heterocycles. The second-order valence-electron chi connectivity index (χ2n) is 13.5. The van der Waals surface area contributed by atoms with Crippen LogP contribution in [0.15, 0.2) is 97.3 Å². The van der Waals surface area contributed by atoms with E-state index in [0.717, 1.165) is 22.4 Å². The van der Waals surface area contributed by atoms with Gasteiger partial charge in [0.25, 0.3) is 0 Å². The van der Waals surface area contributed by atoms with Crippen LogP contribution in [0.3, 0.4) is 0 Å². The smallest absolute Gasteiger partial charge is 0.405 e. The molecule has 2 amide bonds. The summed E-state index contributed by atoms with van der Waals surface area (Å²) >= 11 is 0. The average Bonchev–Trinajstić information content (AvgIpc) is 3.60. The number of nitrogens with one attached hydrogen (secondary N) is 2. The van der Waals surface area contributed by atoms with Crippen LogP contribution >= 0.6 is 0 Å². The second kappa shape index (κ2) is 16.7. The third-order valence-electron chi connectivity index (χ3n) is 9.53. The molecular weight excluding hydrogens is 689 g/mol. The van der Waals surface area contributed by atoms with Crippen LogP contribution < -0.4 is 15.4 Å². The maximum Gasteiger partial charge on any atom is 0.405 e. The highest BCUT2D eigenvalue weighted by Gasteiger charge is 2.37. The van der Waals surface area contributed by atoms with Gasteiger partial charge in [-0.1, -0.05) is 36.4 Å². The molecule has 3 atom stereocenters. The number of alkyl halides is 3. The van der Waals surface area contributed by atoms with Crippen molar-refractivity contribution in [2.75, 3.05) is 39.3 Å². The number of carbonyl (C=O) groups is 2. The second-order valence-corrected chi connectivity index (χ2v) is 13.5. The van der Waals surface area contributed by atoms with Gasteiger partial charge in [-0.05, 0) is 66.8 Å². The average molecular weight is 733 g/mol. The molecule has 2 aliphatic rings. The Morgan fingerprint density at radius 1 is 1.04 bits per heavy atom. The summed E-state index contributed by atoms with van der Waals surface area (Å²) < 4.78 is 47.0. The summed E-state index contributed by atoms with van der Waals surface area (Å²) in [5.74, 6) is -1.67. The zero-order valence-electron chi connectivity index (χ0n) is 29.3. The number of pyridine rings is 1. The van der Waals surface area contributed by atoms with Gasteiger partial charge in [0.05, 0.1) is 11.8 Å². The van der Waals surface area contributed by atoms with Gasteiger partial charge in [0.15, 0.2) is 5.76 Å². The van der Waals surface area contributed by atoms with E-state index in [1.807, 2.05) is 70.5 Å². The van der Waals surface area contributed by atoms with E-state index in [0.29, 0.717) is 30.9 Å². The van der Waals surface area contributed by atoms with E-state index in [1.165, 1.54) is 0 Å². The van der Waals surface area contributed by atoms with Crippen molar-refractivity contribution in [2.45, 2.75) is 44.6 Å². The molecule has 53 heavy (non-hydrogen) atoms. The normalized spacial score (nSPS) is 17.8.